The van der Waals surface area contributed by atoms with Crippen LogP contribution < -0.4 is 0 Å². The van der Waals surface area contributed by atoms with Crippen molar-refractivity contribution in [3.63, 3.8) is 0 Å². The zero-order chi connectivity index (χ0) is 12.1. The highest BCUT2D eigenvalue weighted by Gasteiger charge is 1.96. The zero-order valence-corrected chi connectivity index (χ0v) is 10.6. The summed E-state index contributed by atoms with van der Waals surface area (Å²) in [7, 11) is 0. The SMILES string of the molecule is Clc1ccc(C#CCc2ccccc2)cc1Cl. The predicted octanol–water partition coefficient (Wildman–Crippen LogP) is 4.59. The van der Waals surface area contributed by atoms with Gasteiger partial charge in [-0.1, -0.05) is 65.4 Å². The smallest absolute Gasteiger partial charge is 0.0604 e. The average Bonchev–Trinajstić information content (AvgIpc) is 2.35. The Kier molecular flexibility index (Phi) is 4.09. The van der Waals surface area contributed by atoms with Crippen LogP contribution in [-0.4, -0.2) is 0 Å². The molecule has 0 N–H and O–H groups in total. The molecule has 0 saturated carbocycles. The first-order valence-corrected chi connectivity index (χ1v) is 5.99. The van der Waals surface area contributed by atoms with Gasteiger partial charge in [0.15, 0.2) is 0 Å². The largest absolute Gasteiger partial charge is 0.0931 e. The van der Waals surface area contributed by atoms with Crippen LogP contribution in [0.25, 0.3) is 0 Å². The summed E-state index contributed by atoms with van der Waals surface area (Å²) in [5.74, 6) is 6.18. The first-order chi connectivity index (χ1) is 8.25. The molecule has 0 radical (unpaired) electrons. The standard InChI is InChI=1S/C15H10Cl2/c16-14-10-9-13(11-15(14)17)8-4-7-12-5-2-1-3-6-12/h1-3,5-6,9-11H,7H2. The minimum Gasteiger partial charge on any atom is -0.0931 e. The van der Waals surface area contributed by atoms with Crippen molar-refractivity contribution < 1.29 is 0 Å². The molecule has 0 spiro atoms. The van der Waals surface area contributed by atoms with E-state index in [2.05, 4.69) is 24.0 Å². The molecule has 2 heteroatoms. The molecule has 2 aromatic rings. The third-order valence-corrected chi connectivity index (χ3v) is 3.03. The average molecular weight is 261 g/mol. The van der Waals surface area contributed by atoms with Gasteiger partial charge in [0.1, 0.15) is 0 Å². The van der Waals surface area contributed by atoms with Gasteiger partial charge in [0, 0.05) is 12.0 Å². The molecule has 84 valence electrons. The van der Waals surface area contributed by atoms with Crippen molar-refractivity contribution in [2.45, 2.75) is 6.42 Å². The van der Waals surface area contributed by atoms with Gasteiger partial charge in [-0.05, 0) is 23.8 Å². The lowest BCUT2D eigenvalue weighted by molar-refractivity contribution is 1.32. The number of rotatable bonds is 1. The minimum atomic E-state index is 0.540. The second kappa shape index (κ2) is 5.77. The first kappa shape index (κ1) is 12.0. The molecule has 0 aliphatic carbocycles. The van der Waals surface area contributed by atoms with E-state index in [1.54, 1.807) is 12.1 Å². The maximum Gasteiger partial charge on any atom is 0.0604 e. The lowest BCUT2D eigenvalue weighted by atomic mass is 10.1. The lowest BCUT2D eigenvalue weighted by Crippen LogP contribution is -1.80. The van der Waals surface area contributed by atoms with Crippen molar-refractivity contribution in [1.29, 1.82) is 0 Å². The van der Waals surface area contributed by atoms with Crippen LogP contribution in [0.2, 0.25) is 10.0 Å². The van der Waals surface area contributed by atoms with E-state index in [-0.39, 0.29) is 0 Å². The molecule has 0 heterocycles. The molecule has 0 bridgehead atoms. The van der Waals surface area contributed by atoms with Gasteiger partial charge in [0.2, 0.25) is 0 Å². The van der Waals surface area contributed by atoms with Gasteiger partial charge in [-0.2, -0.15) is 0 Å². The van der Waals surface area contributed by atoms with Crippen LogP contribution in [0.3, 0.4) is 0 Å². The molecule has 0 saturated heterocycles. The summed E-state index contributed by atoms with van der Waals surface area (Å²) >= 11 is 11.7. The summed E-state index contributed by atoms with van der Waals surface area (Å²) < 4.78 is 0. The van der Waals surface area contributed by atoms with Gasteiger partial charge in [0.25, 0.3) is 0 Å². The molecule has 17 heavy (non-hydrogen) atoms. The fourth-order valence-corrected chi connectivity index (χ4v) is 1.72. The molecule has 2 rings (SSSR count). The number of hydrogen-bond acceptors (Lipinski definition) is 0. The van der Waals surface area contributed by atoms with Crippen molar-refractivity contribution in [1.82, 2.24) is 0 Å². The molecule has 2 aromatic carbocycles. The normalized spacial score (nSPS) is 9.53. The fourth-order valence-electron chi connectivity index (χ4n) is 1.42. The van der Waals surface area contributed by atoms with Gasteiger partial charge < -0.3 is 0 Å². The lowest BCUT2D eigenvalue weighted by Gasteiger charge is -1.95. The van der Waals surface area contributed by atoms with E-state index >= 15 is 0 Å². The van der Waals surface area contributed by atoms with E-state index < -0.39 is 0 Å². The topological polar surface area (TPSA) is 0 Å². The fraction of sp³-hybridized carbons (Fsp3) is 0.0667. The molecule has 0 aliphatic heterocycles. The quantitative estimate of drug-likeness (QED) is 0.659. The highest BCUT2D eigenvalue weighted by Crippen LogP contribution is 2.22. The van der Waals surface area contributed by atoms with E-state index in [1.807, 2.05) is 24.3 Å². The van der Waals surface area contributed by atoms with E-state index in [9.17, 15) is 0 Å². The van der Waals surface area contributed by atoms with Crippen molar-refractivity contribution >= 4 is 23.2 Å². The minimum absolute atomic E-state index is 0.540. The summed E-state index contributed by atoms with van der Waals surface area (Å²) in [6.45, 7) is 0. The Morgan fingerprint density at radius 1 is 0.882 bits per heavy atom. The van der Waals surface area contributed by atoms with Gasteiger partial charge >= 0.3 is 0 Å². The number of halogens is 2. The predicted molar refractivity (Wildman–Crippen MR) is 73.5 cm³/mol. The molecule has 0 fully saturated rings. The molecule has 0 atom stereocenters. The molecular formula is C15H10Cl2. The van der Waals surface area contributed by atoms with Crippen LogP contribution in [-0.2, 0) is 6.42 Å². The maximum absolute atomic E-state index is 5.91. The van der Waals surface area contributed by atoms with Crippen molar-refractivity contribution in [2.24, 2.45) is 0 Å². The molecule has 0 amide bonds. The maximum atomic E-state index is 5.91. The van der Waals surface area contributed by atoms with Gasteiger partial charge in [-0.15, -0.1) is 0 Å². The van der Waals surface area contributed by atoms with Crippen LogP contribution in [0, 0.1) is 11.8 Å². The summed E-state index contributed by atoms with van der Waals surface area (Å²) in [5.41, 5.74) is 2.09. The van der Waals surface area contributed by atoms with E-state index in [1.165, 1.54) is 5.56 Å². The molecule has 0 unspecified atom stereocenters. The van der Waals surface area contributed by atoms with Crippen molar-refractivity contribution in [3.05, 3.63) is 69.7 Å². The Bertz CT molecular complexity index is 562. The number of hydrogen-bond donors (Lipinski definition) is 0. The highest BCUT2D eigenvalue weighted by atomic mass is 35.5. The van der Waals surface area contributed by atoms with Crippen molar-refractivity contribution in [3.8, 4) is 11.8 Å². The summed E-state index contributed by atoms with van der Waals surface area (Å²) in [6.07, 6.45) is 0.737. The van der Waals surface area contributed by atoms with Gasteiger partial charge in [0.05, 0.1) is 10.0 Å². The van der Waals surface area contributed by atoms with Gasteiger partial charge in [-0.3, -0.25) is 0 Å². The van der Waals surface area contributed by atoms with Crippen LogP contribution in [0.15, 0.2) is 48.5 Å². The third kappa shape index (κ3) is 3.53. The highest BCUT2D eigenvalue weighted by molar-refractivity contribution is 6.42. The Balaban J connectivity index is 2.09. The second-order valence-electron chi connectivity index (χ2n) is 3.59. The Morgan fingerprint density at radius 3 is 2.35 bits per heavy atom. The molecule has 0 aromatic heterocycles. The molecular weight excluding hydrogens is 251 g/mol. The van der Waals surface area contributed by atoms with Crippen LogP contribution >= 0.6 is 23.2 Å². The second-order valence-corrected chi connectivity index (χ2v) is 4.41. The molecule has 0 nitrogen and oxygen atoms in total. The monoisotopic (exact) mass is 260 g/mol. The number of benzene rings is 2. The van der Waals surface area contributed by atoms with E-state index in [4.69, 9.17) is 23.2 Å². The molecule has 0 aliphatic rings. The van der Waals surface area contributed by atoms with E-state index in [0.717, 1.165) is 12.0 Å². The van der Waals surface area contributed by atoms with Crippen molar-refractivity contribution in [2.75, 3.05) is 0 Å². The van der Waals surface area contributed by atoms with Crippen LogP contribution in [0.5, 0.6) is 0 Å². The summed E-state index contributed by atoms with van der Waals surface area (Å²) in [6, 6.07) is 15.5. The first-order valence-electron chi connectivity index (χ1n) is 5.23. The summed E-state index contributed by atoms with van der Waals surface area (Å²) in [5, 5.41) is 1.10. The van der Waals surface area contributed by atoms with Crippen LogP contribution in [0.1, 0.15) is 11.1 Å². The van der Waals surface area contributed by atoms with Crippen LogP contribution in [0.4, 0.5) is 0 Å². The zero-order valence-electron chi connectivity index (χ0n) is 9.08. The summed E-state index contributed by atoms with van der Waals surface area (Å²) in [4.78, 5) is 0. The van der Waals surface area contributed by atoms with E-state index in [0.29, 0.717) is 10.0 Å². The Morgan fingerprint density at radius 2 is 1.65 bits per heavy atom. The Labute approximate surface area is 111 Å². The third-order valence-electron chi connectivity index (χ3n) is 2.29. The van der Waals surface area contributed by atoms with Gasteiger partial charge in [-0.25, -0.2) is 0 Å². The Hall–Kier alpha value is -1.42.